The maximum absolute atomic E-state index is 10.5. The van der Waals surface area contributed by atoms with E-state index in [1.807, 2.05) is 0 Å². The Hall–Kier alpha value is -0.570. The predicted molar refractivity (Wildman–Crippen MR) is 51.7 cm³/mol. The van der Waals surface area contributed by atoms with Crippen molar-refractivity contribution in [3.63, 3.8) is 0 Å². The third-order valence-electron chi connectivity index (χ3n) is 2.84. The average molecular weight is 185 g/mol. The van der Waals surface area contributed by atoms with Crippen LogP contribution in [0.1, 0.15) is 33.1 Å². The lowest BCUT2D eigenvalue weighted by Crippen LogP contribution is -2.38. The van der Waals surface area contributed by atoms with Crippen LogP contribution in [0.15, 0.2) is 0 Å². The second-order valence-corrected chi connectivity index (χ2v) is 4.17. The molecular weight excluding hydrogens is 166 g/mol. The summed E-state index contributed by atoms with van der Waals surface area (Å²) in [6.07, 6.45) is 2.45. The molecule has 1 N–H and O–H groups in total. The monoisotopic (exact) mass is 185 g/mol. The van der Waals surface area contributed by atoms with Gasteiger partial charge in [0.2, 0.25) is 0 Å². The molecule has 1 rings (SSSR count). The van der Waals surface area contributed by atoms with Gasteiger partial charge < -0.3 is 10.0 Å². The molecule has 0 amide bonds. The van der Waals surface area contributed by atoms with Gasteiger partial charge in [-0.25, -0.2) is 0 Å². The quantitative estimate of drug-likeness (QED) is 0.725. The van der Waals surface area contributed by atoms with Gasteiger partial charge in [-0.1, -0.05) is 0 Å². The van der Waals surface area contributed by atoms with E-state index >= 15 is 0 Å². The third-order valence-corrected chi connectivity index (χ3v) is 2.84. The van der Waals surface area contributed by atoms with Gasteiger partial charge in [0.15, 0.2) is 0 Å². The van der Waals surface area contributed by atoms with E-state index in [2.05, 4.69) is 18.7 Å². The third kappa shape index (κ3) is 3.35. The fourth-order valence-electron chi connectivity index (χ4n) is 1.92. The highest BCUT2D eigenvalue weighted by atomic mass is 16.4. The minimum Gasteiger partial charge on any atom is -0.481 e. The Balaban J connectivity index is 2.26. The van der Waals surface area contributed by atoms with Gasteiger partial charge in [0.05, 0.1) is 0 Å². The number of rotatable bonds is 3. The Morgan fingerprint density at radius 2 is 2.00 bits per heavy atom. The molecule has 0 saturated carbocycles. The summed E-state index contributed by atoms with van der Waals surface area (Å²) in [5.41, 5.74) is 0. The summed E-state index contributed by atoms with van der Waals surface area (Å²) in [5, 5.41) is 8.63. The number of piperidine rings is 1. The molecule has 3 nitrogen and oxygen atoms in total. The molecule has 1 saturated heterocycles. The van der Waals surface area contributed by atoms with E-state index in [-0.39, 0.29) is 0 Å². The van der Waals surface area contributed by atoms with E-state index in [0.29, 0.717) is 18.4 Å². The lowest BCUT2D eigenvalue weighted by atomic mass is 9.93. The van der Waals surface area contributed by atoms with Gasteiger partial charge in [0, 0.05) is 12.5 Å². The zero-order chi connectivity index (χ0) is 9.84. The predicted octanol–water partition coefficient (Wildman–Crippen LogP) is 1.58. The molecule has 1 heterocycles. The molecule has 0 aromatic carbocycles. The SMILES string of the molecule is CC(C)N1CCC(CC(=O)O)CC1. The van der Waals surface area contributed by atoms with E-state index in [1.165, 1.54) is 0 Å². The van der Waals surface area contributed by atoms with Crippen molar-refractivity contribution in [2.75, 3.05) is 13.1 Å². The summed E-state index contributed by atoms with van der Waals surface area (Å²) in [4.78, 5) is 12.9. The van der Waals surface area contributed by atoms with E-state index in [4.69, 9.17) is 5.11 Å². The molecule has 13 heavy (non-hydrogen) atoms. The van der Waals surface area contributed by atoms with Crippen LogP contribution >= 0.6 is 0 Å². The van der Waals surface area contributed by atoms with Gasteiger partial charge in [-0.3, -0.25) is 4.79 Å². The maximum Gasteiger partial charge on any atom is 0.303 e. The number of nitrogens with zero attached hydrogens (tertiary/aromatic N) is 1. The Kier molecular flexibility index (Phi) is 3.72. The molecule has 76 valence electrons. The number of hydrogen-bond acceptors (Lipinski definition) is 2. The second kappa shape index (κ2) is 4.61. The molecule has 0 unspecified atom stereocenters. The van der Waals surface area contributed by atoms with Gasteiger partial charge in [0.25, 0.3) is 0 Å². The first-order chi connectivity index (χ1) is 6.09. The van der Waals surface area contributed by atoms with Crippen molar-refractivity contribution in [2.45, 2.75) is 39.2 Å². The number of aliphatic carboxylic acids is 1. The summed E-state index contributed by atoms with van der Waals surface area (Å²) in [6.45, 7) is 6.51. The summed E-state index contributed by atoms with van der Waals surface area (Å²) in [5.74, 6) is -0.240. The minimum absolute atomic E-state index is 0.353. The van der Waals surface area contributed by atoms with Gasteiger partial charge in [0.1, 0.15) is 0 Å². The summed E-state index contributed by atoms with van der Waals surface area (Å²) >= 11 is 0. The van der Waals surface area contributed by atoms with Crippen LogP contribution in [-0.4, -0.2) is 35.1 Å². The fourth-order valence-corrected chi connectivity index (χ4v) is 1.92. The topological polar surface area (TPSA) is 40.5 Å². The van der Waals surface area contributed by atoms with Gasteiger partial charge in [-0.05, 0) is 45.7 Å². The summed E-state index contributed by atoms with van der Waals surface area (Å²) in [6, 6.07) is 0.603. The van der Waals surface area contributed by atoms with Crippen molar-refractivity contribution in [3.8, 4) is 0 Å². The van der Waals surface area contributed by atoms with Crippen molar-refractivity contribution in [2.24, 2.45) is 5.92 Å². The van der Waals surface area contributed by atoms with Crippen molar-refractivity contribution in [1.82, 2.24) is 4.90 Å². The zero-order valence-corrected chi connectivity index (χ0v) is 8.49. The summed E-state index contributed by atoms with van der Waals surface area (Å²) < 4.78 is 0. The van der Waals surface area contributed by atoms with Crippen LogP contribution in [0.4, 0.5) is 0 Å². The van der Waals surface area contributed by atoms with Gasteiger partial charge in [-0.15, -0.1) is 0 Å². The second-order valence-electron chi connectivity index (χ2n) is 4.17. The molecule has 0 spiro atoms. The lowest BCUT2D eigenvalue weighted by Gasteiger charge is -2.34. The largest absolute Gasteiger partial charge is 0.481 e. The Morgan fingerprint density at radius 1 is 1.46 bits per heavy atom. The number of hydrogen-bond donors (Lipinski definition) is 1. The van der Waals surface area contributed by atoms with Crippen LogP contribution in [0.3, 0.4) is 0 Å². The lowest BCUT2D eigenvalue weighted by molar-refractivity contribution is -0.138. The first kappa shape index (κ1) is 10.5. The van der Waals surface area contributed by atoms with E-state index in [9.17, 15) is 4.79 Å². The van der Waals surface area contributed by atoms with Crippen LogP contribution in [0.25, 0.3) is 0 Å². The van der Waals surface area contributed by atoms with Crippen LogP contribution in [0, 0.1) is 5.92 Å². The Morgan fingerprint density at radius 3 is 2.38 bits per heavy atom. The van der Waals surface area contributed by atoms with E-state index in [1.54, 1.807) is 0 Å². The van der Waals surface area contributed by atoms with Crippen molar-refractivity contribution < 1.29 is 9.90 Å². The first-order valence-electron chi connectivity index (χ1n) is 5.05. The highest BCUT2D eigenvalue weighted by molar-refractivity contribution is 5.67. The average Bonchev–Trinajstić information content (AvgIpc) is 2.04. The Bertz CT molecular complexity index is 172. The molecule has 0 aromatic heterocycles. The molecule has 0 bridgehead atoms. The molecule has 0 aliphatic carbocycles. The molecule has 1 aliphatic rings. The maximum atomic E-state index is 10.5. The highest BCUT2D eigenvalue weighted by Gasteiger charge is 2.22. The summed E-state index contributed by atoms with van der Waals surface area (Å²) in [7, 11) is 0. The first-order valence-corrected chi connectivity index (χ1v) is 5.05. The van der Waals surface area contributed by atoms with Crippen LogP contribution in [-0.2, 0) is 4.79 Å². The molecule has 1 aliphatic heterocycles. The minimum atomic E-state index is -0.650. The molecule has 0 atom stereocenters. The number of carbonyl (C=O) groups is 1. The smallest absolute Gasteiger partial charge is 0.303 e. The molecule has 0 radical (unpaired) electrons. The standard InChI is InChI=1S/C10H19NO2/c1-8(2)11-5-3-9(4-6-11)7-10(12)13/h8-9H,3-7H2,1-2H3,(H,12,13). The highest BCUT2D eigenvalue weighted by Crippen LogP contribution is 2.21. The van der Waals surface area contributed by atoms with Crippen molar-refractivity contribution in [1.29, 1.82) is 0 Å². The zero-order valence-electron chi connectivity index (χ0n) is 8.49. The van der Waals surface area contributed by atoms with Gasteiger partial charge >= 0.3 is 5.97 Å². The molecule has 1 fully saturated rings. The molecule has 0 aromatic rings. The van der Waals surface area contributed by atoms with E-state index < -0.39 is 5.97 Å². The molecule has 3 heteroatoms. The molecular formula is C10H19NO2. The van der Waals surface area contributed by atoms with Gasteiger partial charge in [-0.2, -0.15) is 0 Å². The van der Waals surface area contributed by atoms with Crippen LogP contribution in [0.2, 0.25) is 0 Å². The number of carboxylic acid groups (broad SMARTS) is 1. The normalized spacial score (nSPS) is 20.8. The van der Waals surface area contributed by atoms with Crippen LogP contribution in [0.5, 0.6) is 0 Å². The van der Waals surface area contributed by atoms with Crippen LogP contribution < -0.4 is 0 Å². The van der Waals surface area contributed by atoms with Crippen molar-refractivity contribution in [3.05, 3.63) is 0 Å². The Labute approximate surface area is 79.7 Å². The number of carboxylic acids is 1. The fraction of sp³-hybridized carbons (Fsp3) is 0.900. The number of likely N-dealkylation sites (tertiary alicyclic amines) is 1. The van der Waals surface area contributed by atoms with Crippen molar-refractivity contribution >= 4 is 5.97 Å². The van der Waals surface area contributed by atoms with E-state index in [0.717, 1.165) is 25.9 Å².